The highest BCUT2D eigenvalue weighted by molar-refractivity contribution is 6.43. The summed E-state index contributed by atoms with van der Waals surface area (Å²) in [5.74, 6) is 1.93. The predicted molar refractivity (Wildman–Crippen MR) is 107 cm³/mol. The van der Waals surface area contributed by atoms with E-state index in [0.29, 0.717) is 34.1 Å². The molecule has 3 rings (SSSR count). The average Bonchev–Trinajstić information content (AvgIpc) is 2.60. The molecule has 26 heavy (non-hydrogen) atoms. The first-order chi connectivity index (χ1) is 12.5. The van der Waals surface area contributed by atoms with Gasteiger partial charge in [0.25, 0.3) is 0 Å². The number of anilines is 4. The van der Waals surface area contributed by atoms with E-state index in [2.05, 4.69) is 20.6 Å². The maximum atomic E-state index is 6.22. The maximum absolute atomic E-state index is 6.22. The molecule has 0 fully saturated rings. The first kappa shape index (κ1) is 18.3. The molecule has 134 valence electrons. The summed E-state index contributed by atoms with van der Waals surface area (Å²) >= 11 is 12.3. The van der Waals surface area contributed by atoms with Crippen LogP contribution >= 0.6 is 23.2 Å². The quantitative estimate of drug-likeness (QED) is 0.543. The summed E-state index contributed by atoms with van der Waals surface area (Å²) < 4.78 is 5.45. The van der Waals surface area contributed by atoms with Crippen LogP contribution in [0.4, 0.5) is 23.1 Å². The number of aryl methyl sites for hydroxylation is 1. The molecule has 7 heteroatoms. The lowest BCUT2D eigenvalue weighted by Gasteiger charge is -2.12. The van der Waals surface area contributed by atoms with Gasteiger partial charge in [-0.2, -0.15) is 4.98 Å². The van der Waals surface area contributed by atoms with E-state index in [1.165, 1.54) is 0 Å². The molecule has 0 amide bonds. The Morgan fingerprint density at radius 1 is 1.00 bits per heavy atom. The third kappa shape index (κ3) is 4.56. The molecule has 2 aromatic carbocycles. The number of aromatic nitrogens is 2. The lowest BCUT2D eigenvalue weighted by Crippen LogP contribution is -2.03. The second kappa shape index (κ2) is 8.25. The minimum absolute atomic E-state index is 0.431. The van der Waals surface area contributed by atoms with E-state index in [-0.39, 0.29) is 0 Å². The summed E-state index contributed by atoms with van der Waals surface area (Å²) in [7, 11) is 0. The molecule has 0 aliphatic heterocycles. The smallest absolute Gasteiger partial charge is 0.229 e. The molecule has 0 atom stereocenters. The minimum atomic E-state index is 0.431. The van der Waals surface area contributed by atoms with Gasteiger partial charge in [0.1, 0.15) is 11.6 Å². The highest BCUT2D eigenvalue weighted by atomic mass is 35.5. The lowest BCUT2D eigenvalue weighted by molar-refractivity contribution is 0.340. The zero-order valence-electron chi connectivity index (χ0n) is 14.4. The monoisotopic (exact) mass is 388 g/mol. The molecule has 1 aromatic heterocycles. The van der Waals surface area contributed by atoms with Crippen molar-refractivity contribution in [1.29, 1.82) is 0 Å². The van der Waals surface area contributed by atoms with Crippen LogP contribution in [-0.2, 0) is 0 Å². The molecule has 0 bridgehead atoms. The molecule has 5 nitrogen and oxygen atoms in total. The molecule has 0 spiro atoms. The highest BCUT2D eigenvalue weighted by Gasteiger charge is 2.08. The first-order valence-electron chi connectivity index (χ1n) is 8.12. The van der Waals surface area contributed by atoms with Crippen LogP contribution in [0.5, 0.6) is 5.75 Å². The normalized spacial score (nSPS) is 10.5. The Morgan fingerprint density at radius 3 is 2.50 bits per heavy atom. The number of hydrogen-bond donors (Lipinski definition) is 2. The third-order valence-corrected chi connectivity index (χ3v) is 4.31. The number of nitrogens with zero attached hydrogens (tertiary/aromatic N) is 2. The lowest BCUT2D eigenvalue weighted by atomic mass is 10.3. The topological polar surface area (TPSA) is 59.1 Å². The molecular weight excluding hydrogens is 371 g/mol. The predicted octanol–water partition coefficient (Wildman–Crippen LogP) is 5.98. The Bertz CT molecular complexity index is 901. The van der Waals surface area contributed by atoms with E-state index in [0.717, 1.165) is 17.1 Å². The second-order valence-electron chi connectivity index (χ2n) is 5.53. The van der Waals surface area contributed by atoms with E-state index in [4.69, 9.17) is 27.9 Å². The zero-order valence-corrected chi connectivity index (χ0v) is 15.9. The largest absolute Gasteiger partial charge is 0.494 e. The number of nitrogens with one attached hydrogen (secondary N) is 2. The van der Waals surface area contributed by atoms with Gasteiger partial charge in [-0.1, -0.05) is 29.3 Å². The summed E-state index contributed by atoms with van der Waals surface area (Å²) in [5, 5.41) is 7.27. The van der Waals surface area contributed by atoms with Crippen LogP contribution < -0.4 is 15.4 Å². The fourth-order valence-electron chi connectivity index (χ4n) is 2.36. The summed E-state index contributed by atoms with van der Waals surface area (Å²) in [6, 6.07) is 14.9. The Labute approximate surface area is 162 Å². The first-order valence-corrected chi connectivity index (χ1v) is 8.87. The number of halogens is 2. The van der Waals surface area contributed by atoms with Gasteiger partial charge in [-0.3, -0.25) is 0 Å². The number of rotatable bonds is 6. The summed E-state index contributed by atoms with van der Waals surface area (Å²) in [6.45, 7) is 4.49. The van der Waals surface area contributed by atoms with Crippen LogP contribution in [0.25, 0.3) is 0 Å². The van der Waals surface area contributed by atoms with Crippen molar-refractivity contribution in [2.45, 2.75) is 13.8 Å². The van der Waals surface area contributed by atoms with Crippen molar-refractivity contribution in [3.8, 4) is 5.75 Å². The van der Waals surface area contributed by atoms with Gasteiger partial charge in [-0.15, -0.1) is 0 Å². The molecule has 0 unspecified atom stereocenters. The van der Waals surface area contributed by atoms with Crippen LogP contribution in [-0.4, -0.2) is 16.6 Å². The van der Waals surface area contributed by atoms with Crippen LogP contribution in [0, 0.1) is 6.92 Å². The van der Waals surface area contributed by atoms with Crippen molar-refractivity contribution in [1.82, 2.24) is 9.97 Å². The van der Waals surface area contributed by atoms with Gasteiger partial charge >= 0.3 is 0 Å². The van der Waals surface area contributed by atoms with Crippen LogP contribution in [0.1, 0.15) is 12.6 Å². The summed E-state index contributed by atoms with van der Waals surface area (Å²) in [4.78, 5) is 8.88. The van der Waals surface area contributed by atoms with Gasteiger partial charge in [0.2, 0.25) is 5.95 Å². The van der Waals surface area contributed by atoms with Crippen LogP contribution in [0.15, 0.2) is 48.5 Å². The van der Waals surface area contributed by atoms with Crippen molar-refractivity contribution >= 4 is 46.3 Å². The van der Waals surface area contributed by atoms with Gasteiger partial charge < -0.3 is 15.4 Å². The van der Waals surface area contributed by atoms with Crippen molar-refractivity contribution in [3.63, 3.8) is 0 Å². The molecule has 0 saturated heterocycles. The SMILES string of the molecule is CCOc1ccc(Nc2cc(C)nc(Nc3cccc(Cl)c3Cl)n2)cc1. The van der Waals surface area contributed by atoms with Gasteiger partial charge in [-0.05, 0) is 50.2 Å². The third-order valence-electron chi connectivity index (χ3n) is 3.49. The summed E-state index contributed by atoms with van der Waals surface area (Å²) in [5.41, 5.74) is 2.36. The van der Waals surface area contributed by atoms with Crippen molar-refractivity contribution in [2.75, 3.05) is 17.2 Å². The Balaban J connectivity index is 1.80. The van der Waals surface area contributed by atoms with E-state index < -0.39 is 0 Å². The second-order valence-corrected chi connectivity index (χ2v) is 6.31. The molecule has 2 N–H and O–H groups in total. The average molecular weight is 389 g/mol. The maximum Gasteiger partial charge on any atom is 0.229 e. The van der Waals surface area contributed by atoms with E-state index in [1.54, 1.807) is 6.07 Å². The standard InChI is InChI=1S/C19H18Cl2N4O/c1-3-26-14-9-7-13(8-10-14)23-17-11-12(2)22-19(25-17)24-16-6-4-5-15(20)18(16)21/h4-11H,3H2,1-2H3,(H2,22,23,24,25). The highest BCUT2D eigenvalue weighted by Crippen LogP contribution is 2.31. The molecule has 0 aliphatic carbocycles. The molecule has 0 aliphatic rings. The fourth-order valence-corrected chi connectivity index (χ4v) is 2.71. The van der Waals surface area contributed by atoms with E-state index in [1.807, 2.05) is 56.3 Å². The molecule has 1 heterocycles. The molecular formula is C19H18Cl2N4O. The zero-order chi connectivity index (χ0) is 18.5. The van der Waals surface area contributed by atoms with Gasteiger partial charge in [0.15, 0.2) is 0 Å². The Morgan fingerprint density at radius 2 is 1.77 bits per heavy atom. The molecule has 0 radical (unpaired) electrons. The van der Waals surface area contributed by atoms with Crippen LogP contribution in [0.3, 0.4) is 0 Å². The van der Waals surface area contributed by atoms with Crippen LogP contribution in [0.2, 0.25) is 10.0 Å². The Kier molecular flexibility index (Phi) is 5.81. The van der Waals surface area contributed by atoms with Crippen molar-refractivity contribution < 1.29 is 4.74 Å². The van der Waals surface area contributed by atoms with Gasteiger partial charge in [-0.25, -0.2) is 4.98 Å². The molecule has 3 aromatic rings. The van der Waals surface area contributed by atoms with Crippen molar-refractivity contribution in [2.24, 2.45) is 0 Å². The van der Waals surface area contributed by atoms with Gasteiger partial charge in [0, 0.05) is 17.4 Å². The number of hydrogen-bond acceptors (Lipinski definition) is 5. The fraction of sp³-hybridized carbons (Fsp3) is 0.158. The van der Waals surface area contributed by atoms with E-state index in [9.17, 15) is 0 Å². The molecule has 0 saturated carbocycles. The number of benzene rings is 2. The van der Waals surface area contributed by atoms with Gasteiger partial charge in [0.05, 0.1) is 22.3 Å². The Hall–Kier alpha value is -2.50. The van der Waals surface area contributed by atoms with Crippen molar-refractivity contribution in [3.05, 3.63) is 64.3 Å². The summed E-state index contributed by atoms with van der Waals surface area (Å²) in [6.07, 6.45) is 0. The number of ether oxygens (including phenoxy) is 1. The minimum Gasteiger partial charge on any atom is -0.494 e. The van der Waals surface area contributed by atoms with E-state index >= 15 is 0 Å².